The lowest BCUT2D eigenvalue weighted by atomic mass is 10.1. The van der Waals surface area contributed by atoms with Gasteiger partial charge in [-0.15, -0.1) is 11.6 Å². The van der Waals surface area contributed by atoms with Gasteiger partial charge in [-0.2, -0.15) is 0 Å². The lowest BCUT2D eigenvalue weighted by molar-refractivity contribution is 0.339. The van der Waals surface area contributed by atoms with E-state index in [9.17, 15) is 0 Å². The Morgan fingerprint density at radius 1 is 0.947 bits per heavy atom. The Bertz CT molecular complexity index is 535. The van der Waals surface area contributed by atoms with Crippen LogP contribution in [0.2, 0.25) is 0 Å². The molecule has 2 aromatic rings. The van der Waals surface area contributed by atoms with E-state index in [1.807, 2.05) is 56.3 Å². The van der Waals surface area contributed by atoms with Crippen LogP contribution in [0.5, 0.6) is 17.2 Å². The molecule has 3 heteroatoms. The number of hydrogen-bond donors (Lipinski definition) is 0. The Kier molecular flexibility index (Phi) is 4.69. The van der Waals surface area contributed by atoms with Gasteiger partial charge in [-0.1, -0.05) is 6.07 Å². The Morgan fingerprint density at radius 2 is 1.58 bits per heavy atom. The molecule has 2 aromatic carbocycles. The lowest BCUT2D eigenvalue weighted by Gasteiger charge is -2.09. The molecule has 0 aliphatic rings. The van der Waals surface area contributed by atoms with E-state index in [4.69, 9.17) is 21.1 Å². The van der Waals surface area contributed by atoms with Crippen LogP contribution < -0.4 is 9.47 Å². The number of benzene rings is 2. The van der Waals surface area contributed by atoms with Crippen molar-refractivity contribution in [1.82, 2.24) is 0 Å². The number of rotatable bonds is 5. The summed E-state index contributed by atoms with van der Waals surface area (Å²) >= 11 is 5.84. The predicted molar refractivity (Wildman–Crippen MR) is 78.4 cm³/mol. The smallest absolute Gasteiger partial charge is 0.127 e. The Morgan fingerprint density at radius 3 is 2.16 bits per heavy atom. The number of hydrogen-bond acceptors (Lipinski definition) is 2. The lowest BCUT2D eigenvalue weighted by Crippen LogP contribution is -1.91. The zero-order valence-electron chi connectivity index (χ0n) is 11.2. The summed E-state index contributed by atoms with van der Waals surface area (Å²) in [6.45, 7) is 4.66. The molecule has 0 radical (unpaired) electrons. The summed E-state index contributed by atoms with van der Waals surface area (Å²) in [4.78, 5) is 0. The van der Waals surface area contributed by atoms with Gasteiger partial charge in [-0.05, 0) is 61.4 Å². The van der Waals surface area contributed by atoms with Crippen LogP contribution in [0.4, 0.5) is 0 Å². The molecule has 0 heterocycles. The van der Waals surface area contributed by atoms with Crippen molar-refractivity contribution < 1.29 is 9.47 Å². The first kappa shape index (κ1) is 13.8. The van der Waals surface area contributed by atoms with Crippen molar-refractivity contribution in [3.8, 4) is 17.2 Å². The van der Waals surface area contributed by atoms with Crippen molar-refractivity contribution in [1.29, 1.82) is 0 Å². The predicted octanol–water partition coefficient (Wildman–Crippen LogP) is 4.92. The molecule has 100 valence electrons. The van der Waals surface area contributed by atoms with E-state index in [-0.39, 0.29) is 0 Å². The monoisotopic (exact) mass is 276 g/mol. The largest absolute Gasteiger partial charge is 0.494 e. The zero-order chi connectivity index (χ0) is 13.7. The van der Waals surface area contributed by atoms with Gasteiger partial charge in [0.2, 0.25) is 0 Å². The molecule has 0 aromatic heterocycles. The van der Waals surface area contributed by atoms with Crippen LogP contribution in [0.25, 0.3) is 0 Å². The SMILES string of the molecule is CCOc1ccc(Oc2ccc(CCl)c(C)c2)cc1. The number of ether oxygens (including phenoxy) is 2. The van der Waals surface area contributed by atoms with Gasteiger partial charge in [0.15, 0.2) is 0 Å². The molecule has 0 spiro atoms. The third-order valence-electron chi connectivity index (χ3n) is 2.83. The van der Waals surface area contributed by atoms with Gasteiger partial charge in [-0.3, -0.25) is 0 Å². The highest BCUT2D eigenvalue weighted by atomic mass is 35.5. The van der Waals surface area contributed by atoms with Crippen LogP contribution in [-0.4, -0.2) is 6.61 Å². The fourth-order valence-corrected chi connectivity index (χ4v) is 2.09. The van der Waals surface area contributed by atoms with Gasteiger partial charge < -0.3 is 9.47 Å². The molecule has 0 saturated heterocycles. The van der Waals surface area contributed by atoms with Crippen LogP contribution in [0, 0.1) is 6.92 Å². The minimum Gasteiger partial charge on any atom is -0.494 e. The van der Waals surface area contributed by atoms with Gasteiger partial charge >= 0.3 is 0 Å². The minimum atomic E-state index is 0.523. The number of alkyl halides is 1. The van der Waals surface area contributed by atoms with E-state index in [2.05, 4.69) is 0 Å². The van der Waals surface area contributed by atoms with Crippen molar-refractivity contribution in [2.24, 2.45) is 0 Å². The van der Waals surface area contributed by atoms with Crippen LogP contribution in [0.3, 0.4) is 0 Å². The van der Waals surface area contributed by atoms with E-state index in [0.717, 1.165) is 28.4 Å². The van der Waals surface area contributed by atoms with Crippen molar-refractivity contribution in [2.75, 3.05) is 6.61 Å². The topological polar surface area (TPSA) is 18.5 Å². The fraction of sp³-hybridized carbons (Fsp3) is 0.250. The normalized spacial score (nSPS) is 10.3. The Labute approximate surface area is 118 Å². The van der Waals surface area contributed by atoms with Crippen molar-refractivity contribution in [3.63, 3.8) is 0 Å². The van der Waals surface area contributed by atoms with Crippen LogP contribution in [0.15, 0.2) is 42.5 Å². The first-order chi connectivity index (χ1) is 9.22. The second-order valence-corrected chi connectivity index (χ2v) is 4.50. The van der Waals surface area contributed by atoms with E-state index >= 15 is 0 Å². The molecule has 0 N–H and O–H groups in total. The Balaban J connectivity index is 2.10. The Hall–Kier alpha value is -1.67. The van der Waals surface area contributed by atoms with Gasteiger partial charge in [0.1, 0.15) is 17.2 Å². The third kappa shape index (κ3) is 3.65. The van der Waals surface area contributed by atoms with Gasteiger partial charge in [0.25, 0.3) is 0 Å². The maximum atomic E-state index is 5.84. The fourth-order valence-electron chi connectivity index (χ4n) is 1.79. The molecule has 2 rings (SSSR count). The molecule has 19 heavy (non-hydrogen) atoms. The molecular formula is C16H17ClO2. The average Bonchev–Trinajstić information content (AvgIpc) is 2.42. The van der Waals surface area contributed by atoms with Crippen LogP contribution in [-0.2, 0) is 5.88 Å². The third-order valence-corrected chi connectivity index (χ3v) is 3.12. The molecule has 0 aliphatic heterocycles. The summed E-state index contributed by atoms with van der Waals surface area (Å²) in [7, 11) is 0. The maximum absolute atomic E-state index is 5.84. The van der Waals surface area contributed by atoms with E-state index in [0.29, 0.717) is 12.5 Å². The minimum absolute atomic E-state index is 0.523. The highest BCUT2D eigenvalue weighted by Gasteiger charge is 2.02. The van der Waals surface area contributed by atoms with Gasteiger partial charge in [0, 0.05) is 5.88 Å². The summed E-state index contributed by atoms with van der Waals surface area (Å²) in [6.07, 6.45) is 0. The summed E-state index contributed by atoms with van der Waals surface area (Å²) in [5.74, 6) is 2.98. The molecule has 0 saturated carbocycles. The first-order valence-corrected chi connectivity index (χ1v) is 6.82. The molecule has 0 unspecified atom stereocenters. The average molecular weight is 277 g/mol. The standard InChI is InChI=1S/C16H17ClO2/c1-3-18-14-6-8-15(9-7-14)19-16-5-4-13(11-17)12(2)10-16/h4-10H,3,11H2,1-2H3. The van der Waals surface area contributed by atoms with Crippen LogP contribution >= 0.6 is 11.6 Å². The highest BCUT2D eigenvalue weighted by molar-refractivity contribution is 6.17. The maximum Gasteiger partial charge on any atom is 0.127 e. The molecule has 0 bridgehead atoms. The second-order valence-electron chi connectivity index (χ2n) is 4.23. The van der Waals surface area contributed by atoms with Crippen molar-refractivity contribution >= 4 is 11.6 Å². The summed E-state index contributed by atoms with van der Waals surface area (Å²) in [5, 5.41) is 0. The molecule has 0 atom stereocenters. The molecule has 0 amide bonds. The molecule has 2 nitrogen and oxygen atoms in total. The molecule has 0 fully saturated rings. The first-order valence-electron chi connectivity index (χ1n) is 6.29. The number of aryl methyl sites for hydroxylation is 1. The van der Waals surface area contributed by atoms with Crippen LogP contribution in [0.1, 0.15) is 18.1 Å². The zero-order valence-corrected chi connectivity index (χ0v) is 11.9. The quantitative estimate of drug-likeness (QED) is 0.721. The van der Waals surface area contributed by atoms with E-state index < -0.39 is 0 Å². The van der Waals surface area contributed by atoms with E-state index in [1.54, 1.807) is 0 Å². The number of halogens is 1. The summed E-state index contributed by atoms with van der Waals surface area (Å²) < 4.78 is 11.2. The molecular weight excluding hydrogens is 260 g/mol. The van der Waals surface area contributed by atoms with Crippen molar-refractivity contribution in [2.45, 2.75) is 19.7 Å². The summed E-state index contributed by atoms with van der Waals surface area (Å²) in [6, 6.07) is 13.5. The van der Waals surface area contributed by atoms with Gasteiger partial charge in [-0.25, -0.2) is 0 Å². The molecule has 0 aliphatic carbocycles. The highest BCUT2D eigenvalue weighted by Crippen LogP contribution is 2.26. The van der Waals surface area contributed by atoms with E-state index in [1.165, 1.54) is 0 Å². The second kappa shape index (κ2) is 6.48. The van der Waals surface area contributed by atoms with Gasteiger partial charge in [0.05, 0.1) is 6.61 Å². The summed E-state index contributed by atoms with van der Waals surface area (Å²) in [5.41, 5.74) is 2.26. The van der Waals surface area contributed by atoms with Crippen molar-refractivity contribution in [3.05, 3.63) is 53.6 Å².